The Kier molecular flexibility index (Phi) is 4.99. The van der Waals surface area contributed by atoms with Gasteiger partial charge in [0.25, 0.3) is 0 Å². The number of aromatic hydroxyl groups is 1. The van der Waals surface area contributed by atoms with E-state index in [4.69, 9.17) is 4.74 Å². The molecule has 1 aromatic carbocycles. The lowest BCUT2D eigenvalue weighted by Crippen LogP contribution is -2.28. The van der Waals surface area contributed by atoms with Crippen molar-refractivity contribution in [3.8, 4) is 22.8 Å². The van der Waals surface area contributed by atoms with Gasteiger partial charge in [-0.2, -0.15) is 5.10 Å². The van der Waals surface area contributed by atoms with E-state index in [-0.39, 0.29) is 5.75 Å². The number of aromatic nitrogens is 1. The molecule has 0 saturated heterocycles. The number of hydrogen-bond donors (Lipinski definition) is 2. The molecule has 2 N–H and O–H groups in total. The second kappa shape index (κ2) is 7.04. The van der Waals surface area contributed by atoms with Crippen LogP contribution in [-0.2, 0) is 0 Å². The molecule has 1 atom stereocenters. The number of anilines is 1. The molecular weight excluding hydrogens is 334 g/mol. The van der Waals surface area contributed by atoms with Gasteiger partial charge in [0.1, 0.15) is 11.5 Å². The fraction of sp³-hybridized carbons (Fsp3) is 0.474. The van der Waals surface area contributed by atoms with Gasteiger partial charge in [-0.25, -0.2) is 4.98 Å². The Morgan fingerprint density at radius 1 is 1.40 bits per heavy atom. The minimum atomic E-state index is 0.158. The molecule has 1 saturated carbocycles. The molecule has 0 spiro atoms. The smallest absolute Gasteiger partial charge is 0.203 e. The Hall–Kier alpha value is -2.08. The van der Waals surface area contributed by atoms with Gasteiger partial charge in [0.2, 0.25) is 5.13 Å². The van der Waals surface area contributed by atoms with E-state index in [1.165, 1.54) is 23.5 Å². The van der Waals surface area contributed by atoms with Crippen molar-refractivity contribution >= 4 is 22.2 Å². The molecule has 1 unspecified atom stereocenters. The van der Waals surface area contributed by atoms with Gasteiger partial charge in [-0.1, -0.05) is 20.8 Å². The molecule has 134 valence electrons. The molecule has 1 aliphatic rings. The summed E-state index contributed by atoms with van der Waals surface area (Å²) in [7, 11) is 1.58. The maximum absolute atomic E-state index is 10.1. The number of benzene rings is 1. The number of methoxy groups -OCH3 is 1. The molecule has 1 aliphatic carbocycles. The van der Waals surface area contributed by atoms with Gasteiger partial charge in [0, 0.05) is 22.7 Å². The fourth-order valence-corrected chi connectivity index (χ4v) is 4.28. The van der Waals surface area contributed by atoms with E-state index in [0.29, 0.717) is 22.6 Å². The Labute approximate surface area is 152 Å². The minimum absolute atomic E-state index is 0.158. The normalized spacial score (nSPS) is 21.3. The number of ether oxygens (including phenoxy) is 1. The lowest BCUT2D eigenvalue weighted by molar-refractivity contribution is 0.266. The summed E-state index contributed by atoms with van der Waals surface area (Å²) < 4.78 is 5.11. The zero-order chi connectivity index (χ0) is 18.0. The molecule has 25 heavy (non-hydrogen) atoms. The number of hydrazone groups is 1. The van der Waals surface area contributed by atoms with Crippen molar-refractivity contribution in [2.24, 2.45) is 16.4 Å². The highest BCUT2D eigenvalue weighted by atomic mass is 32.1. The fourth-order valence-electron chi connectivity index (χ4n) is 3.63. The monoisotopic (exact) mass is 359 g/mol. The molecular formula is C19H25N3O2S. The summed E-state index contributed by atoms with van der Waals surface area (Å²) in [4.78, 5) is 4.54. The predicted molar refractivity (Wildman–Crippen MR) is 104 cm³/mol. The van der Waals surface area contributed by atoms with Crippen LogP contribution < -0.4 is 10.2 Å². The molecule has 6 heteroatoms. The van der Waals surface area contributed by atoms with E-state index >= 15 is 0 Å². The Morgan fingerprint density at radius 2 is 2.20 bits per heavy atom. The quantitative estimate of drug-likeness (QED) is 0.742. The van der Waals surface area contributed by atoms with E-state index in [1.54, 1.807) is 13.2 Å². The van der Waals surface area contributed by atoms with Gasteiger partial charge in [-0.3, -0.25) is 5.43 Å². The summed E-state index contributed by atoms with van der Waals surface area (Å²) in [5, 5.41) is 17.4. The van der Waals surface area contributed by atoms with Crippen LogP contribution in [0.3, 0.4) is 0 Å². The first-order valence-electron chi connectivity index (χ1n) is 8.51. The summed E-state index contributed by atoms with van der Waals surface area (Å²) in [5.74, 6) is 1.44. The van der Waals surface area contributed by atoms with Crippen molar-refractivity contribution in [3.05, 3.63) is 23.6 Å². The van der Waals surface area contributed by atoms with Crippen molar-refractivity contribution < 1.29 is 9.84 Å². The third-order valence-corrected chi connectivity index (χ3v) is 5.21. The van der Waals surface area contributed by atoms with Gasteiger partial charge in [-0.05, 0) is 42.7 Å². The molecule has 0 bridgehead atoms. The van der Waals surface area contributed by atoms with Gasteiger partial charge in [0.05, 0.1) is 12.8 Å². The molecule has 1 aromatic heterocycles. The van der Waals surface area contributed by atoms with Crippen LogP contribution in [0.2, 0.25) is 0 Å². The van der Waals surface area contributed by atoms with Crippen LogP contribution in [0.5, 0.6) is 11.5 Å². The highest BCUT2D eigenvalue weighted by Crippen LogP contribution is 2.37. The summed E-state index contributed by atoms with van der Waals surface area (Å²) in [5.41, 5.74) is 6.01. The van der Waals surface area contributed by atoms with E-state index in [2.05, 4.69) is 36.3 Å². The second-order valence-electron chi connectivity index (χ2n) is 7.57. The first-order valence-corrected chi connectivity index (χ1v) is 9.38. The lowest BCUT2D eigenvalue weighted by atomic mass is 9.72. The molecule has 3 rings (SSSR count). The molecule has 1 heterocycles. The zero-order valence-corrected chi connectivity index (χ0v) is 16.0. The number of phenolic OH excluding ortho intramolecular Hbond substituents is 1. The Morgan fingerprint density at radius 3 is 2.88 bits per heavy atom. The van der Waals surface area contributed by atoms with Crippen LogP contribution in [0.15, 0.2) is 28.7 Å². The largest absolute Gasteiger partial charge is 0.507 e. The molecule has 0 amide bonds. The van der Waals surface area contributed by atoms with Gasteiger partial charge >= 0.3 is 0 Å². The number of thiazole rings is 1. The average molecular weight is 359 g/mol. The van der Waals surface area contributed by atoms with E-state index in [9.17, 15) is 5.11 Å². The first-order chi connectivity index (χ1) is 11.9. The lowest BCUT2D eigenvalue weighted by Gasteiger charge is -2.34. The third kappa shape index (κ3) is 4.31. The molecule has 0 radical (unpaired) electrons. The van der Waals surface area contributed by atoms with Gasteiger partial charge < -0.3 is 9.84 Å². The van der Waals surface area contributed by atoms with Crippen LogP contribution in [0, 0.1) is 11.3 Å². The Balaban J connectivity index is 1.73. The van der Waals surface area contributed by atoms with Crippen molar-refractivity contribution in [1.82, 2.24) is 4.98 Å². The zero-order valence-electron chi connectivity index (χ0n) is 15.2. The first kappa shape index (κ1) is 17.7. The SMILES string of the molecule is COc1ccc(-c2csc(N/N=C3\CC(C)CC(C)(C)C3)n2)c(O)c1. The highest BCUT2D eigenvalue weighted by molar-refractivity contribution is 7.14. The van der Waals surface area contributed by atoms with Crippen molar-refractivity contribution in [1.29, 1.82) is 0 Å². The topological polar surface area (TPSA) is 66.7 Å². The van der Waals surface area contributed by atoms with E-state index < -0.39 is 0 Å². The maximum atomic E-state index is 10.1. The number of phenols is 1. The number of nitrogens with zero attached hydrogens (tertiary/aromatic N) is 2. The third-order valence-electron chi connectivity index (χ3n) is 4.46. The van der Waals surface area contributed by atoms with Crippen molar-refractivity contribution in [2.75, 3.05) is 12.5 Å². The number of hydrogen-bond acceptors (Lipinski definition) is 6. The molecule has 0 aliphatic heterocycles. The number of rotatable bonds is 4. The van der Waals surface area contributed by atoms with E-state index in [1.807, 2.05) is 17.5 Å². The Bertz CT molecular complexity index is 783. The second-order valence-corrected chi connectivity index (χ2v) is 8.42. The minimum Gasteiger partial charge on any atom is -0.507 e. The maximum Gasteiger partial charge on any atom is 0.203 e. The van der Waals surface area contributed by atoms with Crippen molar-refractivity contribution in [3.63, 3.8) is 0 Å². The van der Waals surface area contributed by atoms with E-state index in [0.717, 1.165) is 23.7 Å². The van der Waals surface area contributed by atoms with Crippen LogP contribution in [-0.4, -0.2) is 22.9 Å². The summed E-state index contributed by atoms with van der Waals surface area (Å²) >= 11 is 1.48. The van der Waals surface area contributed by atoms with Crippen LogP contribution in [0.4, 0.5) is 5.13 Å². The van der Waals surface area contributed by atoms with Gasteiger partial charge in [0.15, 0.2) is 0 Å². The summed E-state index contributed by atoms with van der Waals surface area (Å²) in [6.45, 7) is 6.88. The van der Waals surface area contributed by atoms with Crippen LogP contribution in [0.1, 0.15) is 40.0 Å². The standard InChI is InChI=1S/C19H25N3O2S/c1-12-7-13(10-19(2,3)9-12)21-22-18-20-16(11-25-18)15-6-5-14(24-4)8-17(15)23/h5-6,8,11-12,23H,7,9-10H2,1-4H3,(H,20,22)/b21-13+. The van der Waals surface area contributed by atoms with Crippen LogP contribution in [0.25, 0.3) is 11.3 Å². The van der Waals surface area contributed by atoms with Crippen molar-refractivity contribution in [2.45, 2.75) is 40.0 Å². The highest BCUT2D eigenvalue weighted by Gasteiger charge is 2.29. The number of nitrogens with one attached hydrogen (secondary N) is 1. The predicted octanol–water partition coefficient (Wildman–Crippen LogP) is 5.14. The van der Waals surface area contributed by atoms with Gasteiger partial charge in [-0.15, -0.1) is 11.3 Å². The molecule has 5 nitrogen and oxygen atoms in total. The van der Waals surface area contributed by atoms with Crippen LogP contribution >= 0.6 is 11.3 Å². The average Bonchev–Trinajstić information content (AvgIpc) is 2.99. The summed E-state index contributed by atoms with van der Waals surface area (Å²) in [6, 6.07) is 5.21. The molecule has 2 aromatic rings. The molecule has 1 fully saturated rings. The summed E-state index contributed by atoms with van der Waals surface area (Å²) in [6.07, 6.45) is 3.29.